The van der Waals surface area contributed by atoms with Crippen molar-refractivity contribution < 1.29 is 9.50 Å². The van der Waals surface area contributed by atoms with E-state index >= 15 is 0 Å². The van der Waals surface area contributed by atoms with Crippen LogP contribution in [0.25, 0.3) is 0 Å². The predicted molar refractivity (Wildman–Crippen MR) is 57.2 cm³/mol. The highest BCUT2D eigenvalue weighted by Gasteiger charge is 2.34. The van der Waals surface area contributed by atoms with Crippen molar-refractivity contribution >= 4 is 0 Å². The summed E-state index contributed by atoms with van der Waals surface area (Å²) in [5.74, 6) is -0.228. The Morgan fingerprint density at radius 1 is 1.40 bits per heavy atom. The third kappa shape index (κ3) is 2.55. The molecule has 0 amide bonds. The maximum Gasteiger partial charge on any atom is 0.123 e. The Bertz CT molecular complexity index is 338. The highest BCUT2D eigenvalue weighted by Crippen LogP contribution is 2.24. The van der Waals surface area contributed by atoms with Gasteiger partial charge in [0.2, 0.25) is 0 Å². The predicted octanol–water partition coefficient (Wildman–Crippen LogP) is 1.43. The summed E-state index contributed by atoms with van der Waals surface area (Å²) in [6.07, 6.45) is 1.40. The molecule has 82 valence electrons. The van der Waals surface area contributed by atoms with E-state index in [0.29, 0.717) is 13.0 Å². The van der Waals surface area contributed by atoms with Crippen LogP contribution in [0.3, 0.4) is 0 Å². The number of benzene rings is 1. The van der Waals surface area contributed by atoms with Crippen LogP contribution in [0.2, 0.25) is 0 Å². The first-order valence-corrected chi connectivity index (χ1v) is 5.23. The number of likely N-dealkylation sites (N-methyl/N-ethyl adjacent to an activating group) is 1. The van der Waals surface area contributed by atoms with Crippen molar-refractivity contribution in [1.29, 1.82) is 0 Å². The number of likely N-dealkylation sites (tertiary alicyclic amines) is 1. The molecule has 1 aliphatic heterocycles. The Kier molecular flexibility index (Phi) is 2.76. The van der Waals surface area contributed by atoms with Gasteiger partial charge in [0.05, 0.1) is 5.60 Å². The van der Waals surface area contributed by atoms with Gasteiger partial charge in [-0.2, -0.15) is 0 Å². The van der Waals surface area contributed by atoms with Crippen molar-refractivity contribution in [3.05, 3.63) is 35.6 Å². The molecule has 2 nitrogen and oxygen atoms in total. The minimum Gasteiger partial charge on any atom is -0.388 e. The lowest BCUT2D eigenvalue weighted by molar-refractivity contribution is 0.0523. The highest BCUT2D eigenvalue weighted by molar-refractivity contribution is 5.19. The third-order valence-electron chi connectivity index (χ3n) is 2.97. The van der Waals surface area contributed by atoms with Crippen LogP contribution in [0.5, 0.6) is 0 Å². The molecule has 3 heteroatoms. The van der Waals surface area contributed by atoms with E-state index in [9.17, 15) is 9.50 Å². The minimum absolute atomic E-state index is 0.228. The molecule has 1 atom stereocenters. The van der Waals surface area contributed by atoms with Crippen LogP contribution in [0, 0.1) is 5.82 Å². The summed E-state index contributed by atoms with van der Waals surface area (Å²) in [6.45, 7) is 1.63. The fourth-order valence-electron chi connectivity index (χ4n) is 2.19. The van der Waals surface area contributed by atoms with E-state index in [1.807, 2.05) is 7.05 Å². The van der Waals surface area contributed by atoms with Crippen molar-refractivity contribution in [2.45, 2.75) is 18.4 Å². The summed E-state index contributed by atoms with van der Waals surface area (Å²) in [7, 11) is 2.00. The zero-order valence-corrected chi connectivity index (χ0v) is 8.91. The molecular formula is C12H16FNO. The molecule has 0 saturated carbocycles. The SMILES string of the molecule is CN1CCC(O)(Cc2ccc(F)cc2)C1. The van der Waals surface area contributed by atoms with Crippen molar-refractivity contribution in [3.63, 3.8) is 0 Å². The van der Waals surface area contributed by atoms with Gasteiger partial charge in [0.25, 0.3) is 0 Å². The molecule has 1 aliphatic rings. The van der Waals surface area contributed by atoms with Crippen LogP contribution in [-0.4, -0.2) is 35.7 Å². The smallest absolute Gasteiger partial charge is 0.123 e. The van der Waals surface area contributed by atoms with Crippen LogP contribution >= 0.6 is 0 Å². The number of β-amino-alcohol motifs (C(OH)–C–C–N with tert-alkyl or cyclic N) is 1. The summed E-state index contributed by atoms with van der Waals surface area (Å²) >= 11 is 0. The number of rotatable bonds is 2. The molecule has 0 radical (unpaired) electrons. The molecule has 2 rings (SSSR count). The van der Waals surface area contributed by atoms with Crippen LogP contribution in [0.15, 0.2) is 24.3 Å². The van der Waals surface area contributed by atoms with Gasteiger partial charge >= 0.3 is 0 Å². The maximum atomic E-state index is 12.7. The topological polar surface area (TPSA) is 23.5 Å². The van der Waals surface area contributed by atoms with Crippen molar-refractivity contribution in [3.8, 4) is 0 Å². The zero-order valence-electron chi connectivity index (χ0n) is 8.91. The lowest BCUT2D eigenvalue weighted by atomic mass is 9.94. The summed E-state index contributed by atoms with van der Waals surface area (Å²) < 4.78 is 12.7. The quantitative estimate of drug-likeness (QED) is 0.796. The Balaban J connectivity index is 2.05. The van der Waals surface area contributed by atoms with E-state index in [0.717, 1.165) is 18.5 Å². The second-order valence-electron chi connectivity index (χ2n) is 4.52. The van der Waals surface area contributed by atoms with Crippen molar-refractivity contribution in [1.82, 2.24) is 4.90 Å². The second kappa shape index (κ2) is 3.91. The summed E-state index contributed by atoms with van der Waals surface area (Å²) in [4.78, 5) is 2.11. The largest absolute Gasteiger partial charge is 0.388 e. The number of hydrogen-bond donors (Lipinski definition) is 1. The average Bonchev–Trinajstić information content (AvgIpc) is 2.50. The normalized spacial score (nSPS) is 27.1. The monoisotopic (exact) mass is 209 g/mol. The van der Waals surface area contributed by atoms with E-state index < -0.39 is 5.60 Å². The molecule has 15 heavy (non-hydrogen) atoms. The van der Waals surface area contributed by atoms with E-state index in [1.54, 1.807) is 12.1 Å². The van der Waals surface area contributed by atoms with Gasteiger partial charge in [0.15, 0.2) is 0 Å². The van der Waals surface area contributed by atoms with Gasteiger partial charge in [-0.25, -0.2) is 4.39 Å². The van der Waals surface area contributed by atoms with Gasteiger partial charge in [-0.15, -0.1) is 0 Å². The number of nitrogens with zero attached hydrogens (tertiary/aromatic N) is 1. The molecule has 0 aliphatic carbocycles. The average molecular weight is 209 g/mol. The molecule has 1 unspecified atom stereocenters. The zero-order chi connectivity index (χ0) is 10.9. The molecule has 1 saturated heterocycles. The Morgan fingerprint density at radius 2 is 2.07 bits per heavy atom. The Labute approximate surface area is 89.3 Å². The van der Waals surface area contributed by atoms with E-state index in [-0.39, 0.29) is 5.82 Å². The van der Waals surface area contributed by atoms with Gasteiger partial charge in [0, 0.05) is 19.5 Å². The number of halogens is 1. The van der Waals surface area contributed by atoms with Gasteiger partial charge in [0.1, 0.15) is 5.82 Å². The molecule has 0 bridgehead atoms. The van der Waals surface area contributed by atoms with E-state index in [1.165, 1.54) is 12.1 Å². The molecule has 1 aromatic carbocycles. The first kappa shape index (κ1) is 10.6. The molecule has 1 aromatic rings. The first-order valence-electron chi connectivity index (χ1n) is 5.23. The van der Waals surface area contributed by atoms with Crippen LogP contribution < -0.4 is 0 Å². The summed E-state index contributed by atoms with van der Waals surface area (Å²) in [6, 6.07) is 6.37. The van der Waals surface area contributed by atoms with Crippen molar-refractivity contribution in [2.75, 3.05) is 20.1 Å². The second-order valence-corrected chi connectivity index (χ2v) is 4.52. The fraction of sp³-hybridized carbons (Fsp3) is 0.500. The van der Waals surface area contributed by atoms with E-state index in [2.05, 4.69) is 4.90 Å². The van der Waals surface area contributed by atoms with Gasteiger partial charge in [-0.05, 0) is 31.2 Å². The molecule has 0 aromatic heterocycles. The lowest BCUT2D eigenvalue weighted by Gasteiger charge is -2.22. The Morgan fingerprint density at radius 3 is 2.60 bits per heavy atom. The highest BCUT2D eigenvalue weighted by atomic mass is 19.1. The maximum absolute atomic E-state index is 12.7. The summed E-state index contributed by atoms with van der Waals surface area (Å²) in [5, 5.41) is 10.2. The first-order chi connectivity index (χ1) is 7.07. The lowest BCUT2D eigenvalue weighted by Crippen LogP contribution is -2.34. The number of aliphatic hydroxyl groups is 1. The summed E-state index contributed by atoms with van der Waals surface area (Å²) in [5.41, 5.74) is 0.362. The van der Waals surface area contributed by atoms with Gasteiger partial charge in [-0.3, -0.25) is 0 Å². The molecular weight excluding hydrogens is 193 g/mol. The van der Waals surface area contributed by atoms with Gasteiger partial charge in [-0.1, -0.05) is 12.1 Å². The molecule has 1 N–H and O–H groups in total. The van der Waals surface area contributed by atoms with E-state index in [4.69, 9.17) is 0 Å². The minimum atomic E-state index is -0.632. The molecule has 0 spiro atoms. The van der Waals surface area contributed by atoms with Crippen LogP contribution in [0.4, 0.5) is 4.39 Å². The van der Waals surface area contributed by atoms with Crippen LogP contribution in [-0.2, 0) is 6.42 Å². The van der Waals surface area contributed by atoms with Crippen LogP contribution in [0.1, 0.15) is 12.0 Å². The Hall–Kier alpha value is -0.930. The standard InChI is InChI=1S/C12H16FNO/c1-14-7-6-12(15,9-14)8-10-2-4-11(13)5-3-10/h2-5,15H,6-9H2,1H3. The number of hydrogen-bond acceptors (Lipinski definition) is 2. The fourth-order valence-corrected chi connectivity index (χ4v) is 2.19. The van der Waals surface area contributed by atoms with Crippen molar-refractivity contribution in [2.24, 2.45) is 0 Å². The third-order valence-corrected chi connectivity index (χ3v) is 2.97. The van der Waals surface area contributed by atoms with Gasteiger partial charge < -0.3 is 10.0 Å². The molecule has 1 heterocycles. The molecule has 1 fully saturated rings.